The first-order valence-corrected chi connectivity index (χ1v) is 10.6. The van der Waals surface area contributed by atoms with Crippen LogP contribution in [0.5, 0.6) is 5.75 Å². The maximum atomic E-state index is 12.8. The Labute approximate surface area is 191 Å². The van der Waals surface area contributed by atoms with Gasteiger partial charge in [0.15, 0.2) is 6.61 Å². The Hall–Kier alpha value is -4.01. The zero-order valence-corrected chi connectivity index (χ0v) is 19.0. The molecule has 4 rings (SSSR count). The molecule has 0 radical (unpaired) electrons. The minimum Gasteiger partial charge on any atom is -0.497 e. The number of Topliss-reactive ketones (excluding diaryl/α,β-unsaturated/α-hetero) is 1. The smallest absolute Gasteiger partial charge is 0.378 e. The van der Waals surface area contributed by atoms with Gasteiger partial charge in [0.1, 0.15) is 5.75 Å². The average molecular weight is 447 g/mol. The van der Waals surface area contributed by atoms with Crippen LogP contribution < -0.4 is 4.74 Å². The summed E-state index contributed by atoms with van der Waals surface area (Å²) in [5, 5.41) is 4.11. The lowest BCUT2D eigenvalue weighted by molar-refractivity contribution is 0.0462. The Bertz CT molecular complexity index is 1320. The van der Waals surface area contributed by atoms with Gasteiger partial charge in [0.05, 0.1) is 7.11 Å². The van der Waals surface area contributed by atoms with Crippen LogP contribution >= 0.6 is 0 Å². The van der Waals surface area contributed by atoms with Crippen LogP contribution in [0.15, 0.2) is 42.6 Å². The van der Waals surface area contributed by atoms with E-state index in [0.717, 1.165) is 35.8 Å². The number of aromatic nitrogens is 5. The Morgan fingerprint density at radius 3 is 2.48 bits per heavy atom. The average Bonchev–Trinajstić information content (AvgIpc) is 3.38. The van der Waals surface area contributed by atoms with Gasteiger partial charge >= 0.3 is 5.97 Å². The number of methoxy groups -OCH3 is 1. The van der Waals surface area contributed by atoms with Gasteiger partial charge in [0, 0.05) is 35.4 Å². The topological polar surface area (TPSA) is 101 Å². The summed E-state index contributed by atoms with van der Waals surface area (Å²) in [6.07, 6.45) is 2.40. The van der Waals surface area contributed by atoms with E-state index >= 15 is 0 Å². The van der Waals surface area contributed by atoms with E-state index in [4.69, 9.17) is 9.47 Å². The molecule has 9 nitrogen and oxygen atoms in total. The molecule has 1 aromatic carbocycles. The second kappa shape index (κ2) is 9.23. The molecule has 3 heterocycles. The van der Waals surface area contributed by atoms with E-state index in [1.54, 1.807) is 19.4 Å². The molecule has 0 saturated heterocycles. The molecule has 0 spiro atoms. The summed E-state index contributed by atoms with van der Waals surface area (Å²) in [6.45, 7) is 6.03. The first kappa shape index (κ1) is 22.2. The number of hydrogen-bond donors (Lipinski definition) is 0. The lowest BCUT2D eigenvalue weighted by Gasteiger charge is -2.10. The van der Waals surface area contributed by atoms with Crippen molar-refractivity contribution in [3.8, 4) is 5.75 Å². The molecule has 0 bridgehead atoms. The number of ketones is 1. The Morgan fingerprint density at radius 1 is 1.03 bits per heavy atom. The van der Waals surface area contributed by atoms with Gasteiger partial charge in [-0.15, -0.1) is 5.10 Å². The van der Waals surface area contributed by atoms with Crippen LogP contribution in [0.25, 0.3) is 5.78 Å². The molecule has 0 aliphatic heterocycles. The number of carbonyl (C=O) groups is 2. The minimum absolute atomic E-state index is 0.130. The summed E-state index contributed by atoms with van der Waals surface area (Å²) >= 11 is 0. The molecule has 3 aromatic heterocycles. The van der Waals surface area contributed by atoms with E-state index in [-0.39, 0.29) is 18.2 Å². The zero-order valence-electron chi connectivity index (χ0n) is 19.0. The number of fused-ring (bicyclic) bond motifs is 1. The third-order valence-corrected chi connectivity index (χ3v) is 5.60. The molecule has 170 valence electrons. The molecular weight excluding hydrogens is 422 g/mol. The molecule has 9 heteroatoms. The van der Waals surface area contributed by atoms with Crippen LogP contribution in [-0.4, -0.2) is 49.6 Å². The van der Waals surface area contributed by atoms with Crippen LogP contribution in [-0.2, 0) is 17.7 Å². The fourth-order valence-electron chi connectivity index (χ4n) is 3.73. The standard InChI is InChI=1S/C24H25N5O4/c1-15-9-11-25-24-26-22(27-29(15)24)23(31)33-14-21(30)20-13-16(2)28(17(20)3)12-10-18-5-7-19(32-4)8-6-18/h5-9,11,13H,10,12,14H2,1-4H3. The van der Waals surface area contributed by atoms with Gasteiger partial charge in [-0.05, 0) is 57.0 Å². The van der Waals surface area contributed by atoms with E-state index in [9.17, 15) is 9.59 Å². The lowest BCUT2D eigenvalue weighted by atomic mass is 10.1. The third kappa shape index (κ3) is 4.62. The second-order valence-electron chi connectivity index (χ2n) is 7.77. The van der Waals surface area contributed by atoms with Crippen molar-refractivity contribution in [2.45, 2.75) is 33.7 Å². The summed E-state index contributed by atoms with van der Waals surface area (Å²) < 4.78 is 13.9. The van der Waals surface area contributed by atoms with Gasteiger partial charge in [0.25, 0.3) is 11.6 Å². The number of rotatable bonds is 8. The maximum absolute atomic E-state index is 12.8. The molecule has 4 aromatic rings. The predicted molar refractivity (Wildman–Crippen MR) is 121 cm³/mol. The van der Waals surface area contributed by atoms with E-state index in [2.05, 4.69) is 19.6 Å². The lowest BCUT2D eigenvalue weighted by Crippen LogP contribution is -2.16. The van der Waals surface area contributed by atoms with E-state index in [1.165, 1.54) is 10.1 Å². The molecule has 0 atom stereocenters. The van der Waals surface area contributed by atoms with Gasteiger partial charge < -0.3 is 14.0 Å². The number of aryl methyl sites for hydroxylation is 3. The number of nitrogens with zero attached hydrogens (tertiary/aromatic N) is 5. The normalized spacial score (nSPS) is 11.0. The van der Waals surface area contributed by atoms with Gasteiger partial charge in [-0.1, -0.05) is 12.1 Å². The number of ether oxygens (including phenoxy) is 2. The van der Waals surface area contributed by atoms with Crippen molar-refractivity contribution < 1.29 is 19.1 Å². The summed E-state index contributed by atoms with van der Waals surface area (Å²) in [7, 11) is 1.64. The SMILES string of the molecule is COc1ccc(CCn2c(C)cc(C(=O)COC(=O)c3nc4nccc(C)n4n3)c2C)cc1. The number of hydrogen-bond acceptors (Lipinski definition) is 7. The highest BCUT2D eigenvalue weighted by Gasteiger charge is 2.20. The van der Waals surface area contributed by atoms with Gasteiger partial charge in [-0.3, -0.25) is 4.79 Å². The Balaban J connectivity index is 1.40. The monoisotopic (exact) mass is 447 g/mol. The summed E-state index contributed by atoms with van der Waals surface area (Å²) in [5.74, 6) is -0.0465. The van der Waals surface area contributed by atoms with Crippen LogP contribution in [0.3, 0.4) is 0 Å². The molecule has 0 saturated carbocycles. The van der Waals surface area contributed by atoms with Crippen molar-refractivity contribution in [3.63, 3.8) is 0 Å². The molecular formula is C24H25N5O4. The van der Waals surface area contributed by atoms with Crippen LogP contribution in [0.1, 0.15) is 43.6 Å². The maximum Gasteiger partial charge on any atom is 0.378 e. The van der Waals surface area contributed by atoms with Crippen molar-refractivity contribution in [2.24, 2.45) is 0 Å². The zero-order chi connectivity index (χ0) is 23.5. The van der Waals surface area contributed by atoms with Crippen LogP contribution in [0, 0.1) is 20.8 Å². The number of benzene rings is 1. The molecule has 0 aliphatic rings. The van der Waals surface area contributed by atoms with Gasteiger partial charge in [0.2, 0.25) is 5.78 Å². The first-order valence-electron chi connectivity index (χ1n) is 10.6. The fraction of sp³-hybridized carbons (Fsp3) is 0.292. The quantitative estimate of drug-likeness (QED) is 0.302. The van der Waals surface area contributed by atoms with Crippen molar-refractivity contribution in [3.05, 3.63) is 76.6 Å². The summed E-state index contributed by atoms with van der Waals surface area (Å²) in [5.41, 5.74) is 4.31. The molecule has 33 heavy (non-hydrogen) atoms. The van der Waals surface area contributed by atoms with E-state index < -0.39 is 5.97 Å². The summed E-state index contributed by atoms with van der Waals surface area (Å²) in [6, 6.07) is 11.5. The Kier molecular flexibility index (Phi) is 6.21. The first-order chi connectivity index (χ1) is 15.9. The van der Waals surface area contributed by atoms with E-state index in [0.29, 0.717) is 11.3 Å². The van der Waals surface area contributed by atoms with E-state index in [1.807, 2.05) is 51.1 Å². The highest BCUT2D eigenvalue weighted by atomic mass is 16.5. The fourth-order valence-corrected chi connectivity index (χ4v) is 3.73. The van der Waals surface area contributed by atoms with Crippen molar-refractivity contribution in [1.82, 2.24) is 24.1 Å². The molecule has 0 aliphatic carbocycles. The summed E-state index contributed by atoms with van der Waals surface area (Å²) in [4.78, 5) is 33.3. The largest absolute Gasteiger partial charge is 0.497 e. The highest BCUT2D eigenvalue weighted by Crippen LogP contribution is 2.18. The number of carbonyl (C=O) groups excluding carboxylic acids is 2. The molecule has 0 fully saturated rings. The van der Waals surface area contributed by atoms with Crippen molar-refractivity contribution >= 4 is 17.5 Å². The van der Waals surface area contributed by atoms with Crippen molar-refractivity contribution in [2.75, 3.05) is 13.7 Å². The Morgan fingerprint density at radius 2 is 1.79 bits per heavy atom. The molecule has 0 amide bonds. The van der Waals surface area contributed by atoms with Crippen LogP contribution in [0.4, 0.5) is 0 Å². The number of esters is 1. The minimum atomic E-state index is -0.762. The van der Waals surface area contributed by atoms with Crippen molar-refractivity contribution in [1.29, 1.82) is 0 Å². The van der Waals surface area contributed by atoms with Gasteiger partial charge in [-0.2, -0.15) is 4.98 Å². The van der Waals surface area contributed by atoms with Crippen LogP contribution in [0.2, 0.25) is 0 Å². The second-order valence-corrected chi connectivity index (χ2v) is 7.77. The molecule has 0 unspecified atom stereocenters. The third-order valence-electron chi connectivity index (χ3n) is 5.60. The van der Waals surface area contributed by atoms with Gasteiger partial charge in [-0.25, -0.2) is 14.3 Å². The predicted octanol–water partition coefficient (Wildman–Crippen LogP) is 3.14. The molecule has 0 N–H and O–H groups in total. The highest BCUT2D eigenvalue weighted by molar-refractivity contribution is 6.00.